The minimum absolute atomic E-state index is 0.0748. The maximum Gasteiger partial charge on any atom is 0.306 e. The molecule has 0 saturated carbocycles. The molecule has 66 heavy (non-hydrogen) atoms. The quantitative estimate of drug-likeness (QED) is 0.0262. The molecule has 0 fully saturated rings. The fourth-order valence-corrected chi connectivity index (χ4v) is 8.47. The molecule has 0 aromatic carbocycles. The molecule has 0 aromatic rings. The van der Waals surface area contributed by atoms with Gasteiger partial charge < -0.3 is 14.2 Å². The number of carbonyl (C=O) groups excluding carboxylic acids is 3. The Labute approximate surface area is 410 Å². The molecule has 0 aromatic heterocycles. The van der Waals surface area contributed by atoms with Gasteiger partial charge in [-0.25, -0.2) is 0 Å². The van der Waals surface area contributed by atoms with Crippen LogP contribution < -0.4 is 0 Å². The normalized spacial score (nSPS) is 12.2. The van der Waals surface area contributed by atoms with Gasteiger partial charge >= 0.3 is 17.9 Å². The molecule has 386 valence electrons. The summed E-state index contributed by atoms with van der Waals surface area (Å²) in [5, 5.41) is 0. The van der Waals surface area contributed by atoms with Crippen LogP contribution in [0.2, 0.25) is 0 Å². The number of hydrogen-bond donors (Lipinski definition) is 0. The largest absolute Gasteiger partial charge is 0.462 e. The highest BCUT2D eigenvalue weighted by atomic mass is 16.6. The molecule has 0 saturated heterocycles. The van der Waals surface area contributed by atoms with Crippen LogP contribution in [-0.2, 0) is 28.6 Å². The van der Waals surface area contributed by atoms with Crippen LogP contribution >= 0.6 is 0 Å². The van der Waals surface area contributed by atoms with Gasteiger partial charge in [-0.1, -0.05) is 250 Å². The van der Waals surface area contributed by atoms with E-state index in [0.717, 1.165) is 83.5 Å². The summed E-state index contributed by atoms with van der Waals surface area (Å²) < 4.78 is 16.9. The number of rotatable bonds is 53. The number of carbonyl (C=O) groups is 3. The van der Waals surface area contributed by atoms with Crippen LogP contribution in [0.4, 0.5) is 0 Å². The van der Waals surface area contributed by atoms with E-state index in [-0.39, 0.29) is 31.1 Å². The molecule has 0 radical (unpaired) electrons. The Bertz CT molecular complexity index is 1110. The van der Waals surface area contributed by atoms with Gasteiger partial charge in [0.05, 0.1) is 0 Å². The van der Waals surface area contributed by atoms with E-state index in [4.69, 9.17) is 14.2 Å². The molecule has 0 aliphatic heterocycles. The first-order valence-electron chi connectivity index (χ1n) is 29.0. The van der Waals surface area contributed by atoms with E-state index in [0.29, 0.717) is 19.3 Å². The molecule has 0 spiro atoms. The van der Waals surface area contributed by atoms with Crippen LogP contribution in [0.3, 0.4) is 0 Å². The predicted octanol–water partition coefficient (Wildman–Crippen LogP) is 19.3. The summed E-state index contributed by atoms with van der Waals surface area (Å²) in [7, 11) is 0. The first kappa shape index (κ1) is 63.6. The van der Waals surface area contributed by atoms with Gasteiger partial charge in [-0.15, -0.1) is 0 Å². The smallest absolute Gasteiger partial charge is 0.306 e. The molecular weight excluding hydrogens is 817 g/mol. The first-order chi connectivity index (χ1) is 32.5. The average Bonchev–Trinajstić information content (AvgIpc) is 3.31. The van der Waals surface area contributed by atoms with E-state index in [2.05, 4.69) is 57.2 Å². The summed E-state index contributed by atoms with van der Waals surface area (Å²) in [6, 6.07) is 0. The third-order valence-electron chi connectivity index (χ3n) is 12.9. The highest BCUT2D eigenvalue weighted by molar-refractivity contribution is 5.71. The van der Waals surface area contributed by atoms with Gasteiger partial charge in [0, 0.05) is 19.3 Å². The average molecular weight is 928 g/mol. The molecule has 0 bridgehead atoms. The van der Waals surface area contributed by atoms with Crippen LogP contribution in [0.1, 0.15) is 310 Å². The Balaban J connectivity index is 4.34. The molecule has 0 unspecified atom stereocenters. The van der Waals surface area contributed by atoms with Gasteiger partial charge in [-0.3, -0.25) is 14.4 Å². The summed E-state index contributed by atoms with van der Waals surface area (Å²) in [6.07, 6.45) is 65.6. The van der Waals surface area contributed by atoms with Crippen molar-refractivity contribution in [3.8, 4) is 0 Å². The van der Waals surface area contributed by atoms with Crippen molar-refractivity contribution in [1.29, 1.82) is 0 Å². The Morgan fingerprint density at radius 2 is 0.545 bits per heavy atom. The maximum absolute atomic E-state index is 12.8. The lowest BCUT2D eigenvalue weighted by atomic mass is 10.0. The second-order valence-corrected chi connectivity index (χ2v) is 19.6. The van der Waals surface area contributed by atoms with Crippen LogP contribution in [0, 0.1) is 0 Å². The van der Waals surface area contributed by atoms with Crippen molar-refractivity contribution >= 4 is 17.9 Å². The molecule has 1 atom stereocenters. The van der Waals surface area contributed by atoms with Crippen molar-refractivity contribution in [3.05, 3.63) is 36.5 Å². The minimum atomic E-state index is -0.777. The summed E-state index contributed by atoms with van der Waals surface area (Å²) >= 11 is 0. The second kappa shape index (κ2) is 55.2. The Morgan fingerprint density at radius 3 is 0.879 bits per heavy atom. The third kappa shape index (κ3) is 52.6. The zero-order chi connectivity index (χ0) is 47.9. The van der Waals surface area contributed by atoms with Crippen molar-refractivity contribution in [2.45, 2.75) is 316 Å². The van der Waals surface area contributed by atoms with E-state index in [1.807, 2.05) is 0 Å². The molecule has 0 rings (SSSR count). The number of hydrogen-bond acceptors (Lipinski definition) is 6. The van der Waals surface area contributed by atoms with Crippen molar-refractivity contribution < 1.29 is 28.6 Å². The van der Waals surface area contributed by atoms with E-state index in [9.17, 15) is 14.4 Å². The fraction of sp³-hybridized carbons (Fsp3) is 0.850. The molecule has 0 aliphatic carbocycles. The second-order valence-electron chi connectivity index (χ2n) is 19.6. The highest BCUT2D eigenvalue weighted by Gasteiger charge is 2.19. The van der Waals surface area contributed by atoms with E-state index in [1.54, 1.807) is 0 Å². The van der Waals surface area contributed by atoms with E-state index in [1.165, 1.54) is 186 Å². The van der Waals surface area contributed by atoms with Crippen LogP contribution in [0.25, 0.3) is 0 Å². The van der Waals surface area contributed by atoms with Crippen LogP contribution in [0.15, 0.2) is 36.5 Å². The van der Waals surface area contributed by atoms with Gasteiger partial charge in [0.1, 0.15) is 13.2 Å². The zero-order valence-electron chi connectivity index (χ0n) is 44.2. The lowest BCUT2D eigenvalue weighted by Gasteiger charge is -2.18. The summed E-state index contributed by atoms with van der Waals surface area (Å²) in [5.74, 6) is -0.874. The SMILES string of the molecule is CCCCC/C=C/C/C=C/CCCCCCCC(=O)O[C@@H](COC(=O)CCCCCCCCCCC/C=C/CCCCCCCC)COC(=O)CCCCCCCCCCCCCCCC. The molecule has 0 heterocycles. The van der Waals surface area contributed by atoms with Crippen LogP contribution in [-0.4, -0.2) is 37.2 Å². The number of unbranched alkanes of at least 4 members (excludes halogenated alkanes) is 36. The number of ether oxygens (including phenoxy) is 3. The Morgan fingerprint density at radius 1 is 0.303 bits per heavy atom. The molecule has 0 amide bonds. The van der Waals surface area contributed by atoms with Crippen molar-refractivity contribution in [2.24, 2.45) is 0 Å². The standard InChI is InChI=1S/C60H110O6/c1-4-7-10-13-16-19-22-25-28-29-30-31-33-35-38-41-44-47-50-53-59(62)65-56-57(55-64-58(61)52-49-46-43-40-37-34-27-24-21-18-15-12-9-6-3)66-60(63)54-51-48-45-42-39-36-32-26-23-20-17-14-11-8-5-2/h17,20,25-26,28,32,57H,4-16,18-19,21-24,27,29-31,33-56H2,1-3H3/b20-17+,28-25+,32-26+/t57-/m1/s1. The maximum atomic E-state index is 12.8. The lowest BCUT2D eigenvalue weighted by molar-refractivity contribution is -0.167. The summed E-state index contributed by atoms with van der Waals surface area (Å²) in [4.78, 5) is 38.1. The third-order valence-corrected chi connectivity index (χ3v) is 12.9. The van der Waals surface area contributed by atoms with Crippen molar-refractivity contribution in [3.63, 3.8) is 0 Å². The van der Waals surface area contributed by atoms with Crippen molar-refractivity contribution in [2.75, 3.05) is 13.2 Å². The Kier molecular flexibility index (Phi) is 53.2. The first-order valence-corrected chi connectivity index (χ1v) is 29.0. The topological polar surface area (TPSA) is 78.9 Å². The summed E-state index contributed by atoms with van der Waals surface area (Å²) in [5.41, 5.74) is 0. The Hall–Kier alpha value is -2.37. The monoisotopic (exact) mass is 927 g/mol. The van der Waals surface area contributed by atoms with Crippen molar-refractivity contribution in [1.82, 2.24) is 0 Å². The van der Waals surface area contributed by atoms with E-state index < -0.39 is 6.10 Å². The van der Waals surface area contributed by atoms with Gasteiger partial charge in [0.15, 0.2) is 6.10 Å². The molecule has 6 heteroatoms. The molecular formula is C60H110O6. The van der Waals surface area contributed by atoms with E-state index >= 15 is 0 Å². The highest BCUT2D eigenvalue weighted by Crippen LogP contribution is 2.16. The summed E-state index contributed by atoms with van der Waals surface area (Å²) in [6.45, 7) is 6.64. The van der Waals surface area contributed by atoms with Gasteiger partial charge in [0.25, 0.3) is 0 Å². The number of esters is 3. The predicted molar refractivity (Wildman–Crippen MR) is 284 cm³/mol. The van der Waals surface area contributed by atoms with Gasteiger partial charge in [-0.05, 0) is 77.0 Å². The molecule has 6 nitrogen and oxygen atoms in total. The van der Waals surface area contributed by atoms with Gasteiger partial charge in [-0.2, -0.15) is 0 Å². The molecule has 0 aliphatic rings. The minimum Gasteiger partial charge on any atom is -0.462 e. The lowest BCUT2D eigenvalue weighted by Crippen LogP contribution is -2.30. The zero-order valence-corrected chi connectivity index (χ0v) is 44.2. The number of allylic oxidation sites excluding steroid dienone is 6. The fourth-order valence-electron chi connectivity index (χ4n) is 8.47. The molecule has 0 N–H and O–H groups in total. The van der Waals surface area contributed by atoms with Gasteiger partial charge in [0.2, 0.25) is 0 Å². The van der Waals surface area contributed by atoms with Crippen LogP contribution in [0.5, 0.6) is 0 Å².